The van der Waals surface area contributed by atoms with Crippen molar-refractivity contribution in [1.29, 1.82) is 0 Å². The Labute approximate surface area is 116 Å². The van der Waals surface area contributed by atoms with Gasteiger partial charge in [0.2, 0.25) is 0 Å². The first-order chi connectivity index (χ1) is 8.84. The summed E-state index contributed by atoms with van der Waals surface area (Å²) in [7, 11) is -1.24. The predicted molar refractivity (Wildman–Crippen MR) is 84.6 cm³/mol. The van der Waals surface area contributed by atoms with Gasteiger partial charge in [-0.15, -0.1) is 0 Å². The molecule has 0 fully saturated rings. The van der Waals surface area contributed by atoms with E-state index in [0.29, 0.717) is 0 Å². The Bertz CT molecular complexity index is 670. The zero-order chi connectivity index (χ0) is 12.4. The molecule has 0 aliphatic rings. The average Bonchev–Trinajstić information content (AvgIpc) is 2.47. The van der Waals surface area contributed by atoms with E-state index in [1.54, 1.807) is 0 Å². The van der Waals surface area contributed by atoms with Crippen LogP contribution in [0.25, 0.3) is 10.8 Å². The Kier molecular flexibility index (Phi) is 4.37. The molecule has 0 heterocycles. The maximum absolute atomic E-state index is 10.4. The van der Waals surface area contributed by atoms with Gasteiger partial charge in [-0.2, -0.15) is 0 Å². The van der Waals surface area contributed by atoms with Gasteiger partial charge in [0.05, 0.1) is 8.15 Å². The van der Waals surface area contributed by atoms with Crippen molar-refractivity contribution in [2.75, 3.05) is 0 Å². The first-order valence-electron chi connectivity index (χ1n) is 5.87. The number of rotatable bonds is 2. The topological polar surface area (TPSA) is 20.2 Å². The van der Waals surface area contributed by atoms with E-state index in [2.05, 4.69) is 24.3 Å². The van der Waals surface area contributed by atoms with E-state index in [1.807, 2.05) is 48.5 Å². The van der Waals surface area contributed by atoms with Crippen molar-refractivity contribution in [3.05, 3.63) is 72.8 Å². The number of benzene rings is 3. The van der Waals surface area contributed by atoms with Gasteiger partial charge in [-0.05, 0) is 16.8 Å². The normalized spacial score (nSPS) is 11.8. The van der Waals surface area contributed by atoms with E-state index >= 15 is 0 Å². The zero-order valence-corrected chi connectivity index (χ0v) is 11.3. The molecule has 1 atom stereocenters. The Balaban J connectivity index is 0.00000133. The Morgan fingerprint density at radius 2 is 1.26 bits per heavy atom. The second-order valence-electron chi connectivity index (χ2n) is 4.18. The van der Waals surface area contributed by atoms with Crippen LogP contribution >= 0.6 is 8.15 Å². The minimum Gasteiger partial charge on any atom is -0.364 e. The fraction of sp³-hybridized carbons (Fsp3) is 0. The SMILES string of the molecule is OP(c1ccccc1)c1ccc2ccccc2c1.[B]. The summed E-state index contributed by atoms with van der Waals surface area (Å²) in [5.74, 6) is 0. The van der Waals surface area contributed by atoms with E-state index < -0.39 is 8.15 Å². The van der Waals surface area contributed by atoms with E-state index in [0.717, 1.165) is 10.6 Å². The molecule has 3 aromatic rings. The summed E-state index contributed by atoms with van der Waals surface area (Å²) < 4.78 is 0. The average molecular weight is 263 g/mol. The summed E-state index contributed by atoms with van der Waals surface area (Å²) in [4.78, 5) is 10.4. The van der Waals surface area contributed by atoms with Gasteiger partial charge in [-0.1, -0.05) is 66.7 Å². The lowest BCUT2D eigenvalue weighted by Gasteiger charge is -2.11. The van der Waals surface area contributed by atoms with Crippen LogP contribution in [0.2, 0.25) is 0 Å². The third kappa shape index (κ3) is 2.86. The largest absolute Gasteiger partial charge is 0.364 e. The Morgan fingerprint density at radius 1 is 0.632 bits per heavy atom. The highest BCUT2D eigenvalue weighted by Gasteiger charge is 2.10. The standard InChI is InChI=1S/C16H13OP.B/c17-18(15-8-2-1-3-9-15)16-11-10-13-6-4-5-7-14(13)12-16;/h1-12,17H;. The van der Waals surface area contributed by atoms with Crippen LogP contribution < -0.4 is 10.6 Å². The first-order valence-corrected chi connectivity index (χ1v) is 7.17. The van der Waals surface area contributed by atoms with Crippen LogP contribution in [0.3, 0.4) is 0 Å². The van der Waals surface area contributed by atoms with Gasteiger partial charge in [0.25, 0.3) is 0 Å². The van der Waals surface area contributed by atoms with Gasteiger partial charge < -0.3 is 4.89 Å². The van der Waals surface area contributed by atoms with Crippen molar-refractivity contribution >= 4 is 37.9 Å². The maximum Gasteiger partial charge on any atom is 0.0877 e. The molecule has 3 heteroatoms. The second-order valence-corrected chi connectivity index (χ2v) is 5.84. The summed E-state index contributed by atoms with van der Waals surface area (Å²) in [6.07, 6.45) is 0. The fourth-order valence-corrected chi connectivity index (χ4v) is 3.26. The smallest absolute Gasteiger partial charge is 0.0877 e. The molecule has 0 spiro atoms. The van der Waals surface area contributed by atoms with Crippen LogP contribution in [-0.4, -0.2) is 13.3 Å². The van der Waals surface area contributed by atoms with Crippen molar-refractivity contribution in [3.8, 4) is 0 Å². The third-order valence-electron chi connectivity index (χ3n) is 2.98. The molecule has 0 saturated carbocycles. The van der Waals surface area contributed by atoms with Crippen molar-refractivity contribution in [3.63, 3.8) is 0 Å². The predicted octanol–water partition coefficient (Wildman–Crippen LogP) is 2.80. The van der Waals surface area contributed by atoms with Crippen molar-refractivity contribution < 1.29 is 4.89 Å². The quantitative estimate of drug-likeness (QED) is 0.556. The molecular formula is C16H13BOP. The van der Waals surface area contributed by atoms with Crippen molar-refractivity contribution in [2.24, 2.45) is 0 Å². The molecule has 0 aromatic heterocycles. The van der Waals surface area contributed by atoms with Crippen molar-refractivity contribution in [1.82, 2.24) is 0 Å². The summed E-state index contributed by atoms with van der Waals surface area (Å²) in [6, 6.07) is 24.2. The highest BCUT2D eigenvalue weighted by Crippen LogP contribution is 2.29. The molecule has 0 amide bonds. The summed E-state index contributed by atoms with van der Waals surface area (Å²) in [6.45, 7) is 0. The third-order valence-corrected chi connectivity index (χ3v) is 4.53. The van der Waals surface area contributed by atoms with Crippen LogP contribution in [-0.2, 0) is 0 Å². The molecule has 1 unspecified atom stereocenters. The number of fused-ring (bicyclic) bond motifs is 1. The van der Waals surface area contributed by atoms with Crippen LogP contribution in [0.4, 0.5) is 0 Å². The molecular weight excluding hydrogens is 250 g/mol. The molecule has 0 saturated heterocycles. The lowest BCUT2D eigenvalue weighted by molar-refractivity contribution is 0.645. The molecule has 3 aromatic carbocycles. The van der Waals surface area contributed by atoms with Crippen LogP contribution in [0.5, 0.6) is 0 Å². The van der Waals surface area contributed by atoms with Crippen LogP contribution in [0.1, 0.15) is 0 Å². The lowest BCUT2D eigenvalue weighted by Crippen LogP contribution is -2.10. The van der Waals surface area contributed by atoms with E-state index in [-0.39, 0.29) is 8.41 Å². The molecule has 1 N–H and O–H groups in total. The van der Waals surface area contributed by atoms with Gasteiger partial charge in [0, 0.05) is 19.0 Å². The van der Waals surface area contributed by atoms with Gasteiger partial charge >= 0.3 is 0 Å². The van der Waals surface area contributed by atoms with Gasteiger partial charge in [0.1, 0.15) is 0 Å². The molecule has 0 bridgehead atoms. The van der Waals surface area contributed by atoms with Gasteiger partial charge in [-0.25, -0.2) is 0 Å². The van der Waals surface area contributed by atoms with Gasteiger partial charge in [0.15, 0.2) is 0 Å². The number of hydrogen-bond donors (Lipinski definition) is 1. The molecule has 91 valence electrons. The van der Waals surface area contributed by atoms with Gasteiger partial charge in [-0.3, -0.25) is 0 Å². The van der Waals surface area contributed by atoms with E-state index in [1.165, 1.54) is 10.8 Å². The first kappa shape index (κ1) is 13.8. The lowest BCUT2D eigenvalue weighted by atomic mass is 10.1. The highest BCUT2D eigenvalue weighted by molar-refractivity contribution is 7.67. The summed E-state index contributed by atoms with van der Waals surface area (Å²) >= 11 is 0. The molecule has 0 aliphatic heterocycles. The molecule has 0 aliphatic carbocycles. The molecule has 3 radical (unpaired) electrons. The molecule has 19 heavy (non-hydrogen) atoms. The second kappa shape index (κ2) is 6.01. The van der Waals surface area contributed by atoms with Crippen molar-refractivity contribution in [2.45, 2.75) is 0 Å². The zero-order valence-electron chi connectivity index (χ0n) is 10.4. The van der Waals surface area contributed by atoms with Crippen LogP contribution in [0.15, 0.2) is 72.8 Å². The monoisotopic (exact) mass is 263 g/mol. The van der Waals surface area contributed by atoms with Crippen LogP contribution in [0, 0.1) is 0 Å². The minimum atomic E-state index is -1.24. The summed E-state index contributed by atoms with van der Waals surface area (Å²) in [5.41, 5.74) is 0. The van der Waals surface area contributed by atoms with E-state index in [4.69, 9.17) is 0 Å². The molecule has 3 rings (SSSR count). The highest BCUT2D eigenvalue weighted by atomic mass is 31.1. The maximum atomic E-state index is 10.4. The Morgan fingerprint density at radius 3 is 2.00 bits per heavy atom. The summed E-state index contributed by atoms with van der Waals surface area (Å²) in [5, 5.41) is 4.36. The fourth-order valence-electron chi connectivity index (χ4n) is 2.03. The minimum absolute atomic E-state index is 0. The van der Waals surface area contributed by atoms with E-state index in [9.17, 15) is 4.89 Å². The Hall–Kier alpha value is -1.63. The molecule has 1 nitrogen and oxygen atoms in total. The number of hydrogen-bond acceptors (Lipinski definition) is 1.